The van der Waals surface area contributed by atoms with E-state index in [2.05, 4.69) is 20.6 Å². The molecule has 3 rings (SSSR count). The summed E-state index contributed by atoms with van der Waals surface area (Å²) in [5.74, 6) is -0.972. The molecule has 1 saturated carbocycles. The van der Waals surface area contributed by atoms with Gasteiger partial charge in [-0.25, -0.2) is 4.98 Å². The lowest BCUT2D eigenvalue weighted by atomic mass is 10.0. The molecule has 0 saturated heterocycles. The van der Waals surface area contributed by atoms with E-state index < -0.39 is 11.4 Å². The Morgan fingerprint density at radius 1 is 1.53 bits per heavy atom. The zero-order valence-electron chi connectivity index (χ0n) is 10.4. The van der Waals surface area contributed by atoms with Gasteiger partial charge in [-0.1, -0.05) is 0 Å². The molecule has 1 atom stereocenters. The van der Waals surface area contributed by atoms with Gasteiger partial charge in [-0.05, 0) is 12.8 Å². The topological polar surface area (TPSA) is 107 Å². The maximum Gasteiger partial charge on any atom is 0.311 e. The second kappa shape index (κ2) is 4.34. The van der Waals surface area contributed by atoms with Gasteiger partial charge in [-0.2, -0.15) is 0 Å². The summed E-state index contributed by atoms with van der Waals surface area (Å²) in [6, 6.07) is -0.333. The zero-order valence-corrected chi connectivity index (χ0v) is 10.4. The van der Waals surface area contributed by atoms with Crippen LogP contribution in [-0.2, 0) is 22.6 Å². The smallest absolute Gasteiger partial charge is 0.311 e. The van der Waals surface area contributed by atoms with Crippen molar-refractivity contribution >= 4 is 11.9 Å². The Balaban J connectivity index is 1.56. The molecular formula is C12H16N4O3. The monoisotopic (exact) mass is 264 g/mol. The van der Waals surface area contributed by atoms with Crippen LogP contribution < -0.4 is 10.6 Å². The van der Waals surface area contributed by atoms with Gasteiger partial charge in [0.05, 0.1) is 29.2 Å². The number of carbonyl (C=O) groups excluding carboxylic acids is 1. The van der Waals surface area contributed by atoms with Crippen molar-refractivity contribution in [2.75, 3.05) is 6.54 Å². The Labute approximate surface area is 109 Å². The summed E-state index contributed by atoms with van der Waals surface area (Å²) in [5, 5.41) is 14.9. The number of fused-ring (bicyclic) bond motifs is 1. The minimum Gasteiger partial charge on any atom is -0.481 e. The number of carboxylic acid groups (broad SMARTS) is 1. The minimum atomic E-state index is -0.820. The first-order chi connectivity index (χ1) is 9.11. The van der Waals surface area contributed by atoms with Crippen LogP contribution in [-0.4, -0.2) is 39.5 Å². The molecule has 7 nitrogen and oxygen atoms in total. The van der Waals surface area contributed by atoms with E-state index in [4.69, 9.17) is 5.11 Å². The molecule has 1 aliphatic carbocycles. The Morgan fingerprint density at radius 3 is 3.00 bits per heavy atom. The van der Waals surface area contributed by atoms with Crippen molar-refractivity contribution in [3.05, 3.63) is 17.7 Å². The minimum absolute atomic E-state index is 0.152. The van der Waals surface area contributed by atoms with E-state index in [1.54, 1.807) is 6.33 Å². The molecule has 0 aromatic carbocycles. The molecule has 1 unspecified atom stereocenters. The first-order valence-corrected chi connectivity index (χ1v) is 6.36. The van der Waals surface area contributed by atoms with Crippen molar-refractivity contribution in [1.82, 2.24) is 20.6 Å². The molecule has 19 heavy (non-hydrogen) atoms. The maximum atomic E-state index is 12.0. The Bertz CT molecular complexity index is 521. The van der Waals surface area contributed by atoms with E-state index in [0.29, 0.717) is 25.8 Å². The molecule has 4 N–H and O–H groups in total. The van der Waals surface area contributed by atoms with Gasteiger partial charge in [0.25, 0.3) is 0 Å². The summed E-state index contributed by atoms with van der Waals surface area (Å²) in [7, 11) is 0. The van der Waals surface area contributed by atoms with Gasteiger partial charge in [0, 0.05) is 19.5 Å². The maximum absolute atomic E-state index is 12.0. The van der Waals surface area contributed by atoms with Crippen LogP contribution in [0.4, 0.5) is 0 Å². The Morgan fingerprint density at radius 2 is 2.32 bits per heavy atom. The molecule has 1 amide bonds. The van der Waals surface area contributed by atoms with Crippen molar-refractivity contribution in [3.63, 3.8) is 0 Å². The number of rotatable bonds is 4. The number of hydrogen-bond acceptors (Lipinski definition) is 4. The standard InChI is InChI=1S/C12H16N4O3/c17-10(14-5-12(1-2-12)11(18)19)8-3-7-9(4-13-8)16-6-15-7/h6,8,13H,1-5H2,(H,14,17)(H,15,16)(H,18,19). The summed E-state index contributed by atoms with van der Waals surface area (Å²) in [5.41, 5.74) is 1.19. The summed E-state index contributed by atoms with van der Waals surface area (Å²) in [4.78, 5) is 30.2. The number of hydrogen-bond donors (Lipinski definition) is 4. The third-order valence-electron chi connectivity index (χ3n) is 3.95. The van der Waals surface area contributed by atoms with Gasteiger partial charge in [-0.15, -0.1) is 0 Å². The summed E-state index contributed by atoms with van der Waals surface area (Å²) < 4.78 is 0. The van der Waals surface area contributed by atoms with E-state index in [9.17, 15) is 9.59 Å². The Kier molecular flexibility index (Phi) is 2.78. The number of aliphatic carboxylic acids is 1. The average Bonchev–Trinajstić information content (AvgIpc) is 3.06. The van der Waals surface area contributed by atoms with Crippen LogP contribution in [0, 0.1) is 5.41 Å². The normalized spacial score (nSPS) is 23.5. The lowest BCUT2D eigenvalue weighted by molar-refractivity contribution is -0.143. The van der Waals surface area contributed by atoms with Crippen LogP contribution in [0.1, 0.15) is 24.2 Å². The molecule has 2 heterocycles. The van der Waals surface area contributed by atoms with Crippen molar-refractivity contribution < 1.29 is 14.7 Å². The van der Waals surface area contributed by atoms with Gasteiger partial charge in [0.1, 0.15) is 0 Å². The number of nitrogens with zero attached hydrogens (tertiary/aromatic N) is 1. The predicted molar refractivity (Wildman–Crippen MR) is 65.2 cm³/mol. The molecule has 0 radical (unpaired) electrons. The van der Waals surface area contributed by atoms with Crippen molar-refractivity contribution in [2.45, 2.75) is 31.8 Å². The quantitative estimate of drug-likeness (QED) is 0.581. The summed E-state index contributed by atoms with van der Waals surface area (Å²) in [6.45, 7) is 0.796. The highest BCUT2D eigenvalue weighted by Crippen LogP contribution is 2.45. The largest absolute Gasteiger partial charge is 0.481 e. The lowest BCUT2D eigenvalue weighted by Crippen LogP contribution is -2.49. The van der Waals surface area contributed by atoms with Gasteiger partial charge in [0.2, 0.25) is 5.91 Å². The van der Waals surface area contributed by atoms with Crippen molar-refractivity contribution in [1.29, 1.82) is 0 Å². The molecule has 1 aromatic heterocycles. The molecule has 0 bridgehead atoms. The second-order valence-corrected chi connectivity index (χ2v) is 5.27. The number of H-pyrrole nitrogens is 1. The lowest BCUT2D eigenvalue weighted by Gasteiger charge is -2.23. The fourth-order valence-corrected chi connectivity index (χ4v) is 2.35. The van der Waals surface area contributed by atoms with Crippen LogP contribution in [0.5, 0.6) is 0 Å². The summed E-state index contributed by atoms with van der Waals surface area (Å²) >= 11 is 0. The average molecular weight is 264 g/mol. The molecule has 2 aliphatic rings. The number of carbonyl (C=O) groups is 2. The second-order valence-electron chi connectivity index (χ2n) is 5.27. The molecule has 1 aliphatic heterocycles. The highest BCUT2D eigenvalue weighted by Gasteiger charge is 2.50. The van der Waals surface area contributed by atoms with Crippen LogP contribution in [0.15, 0.2) is 6.33 Å². The number of amides is 1. The van der Waals surface area contributed by atoms with Gasteiger partial charge < -0.3 is 15.4 Å². The van der Waals surface area contributed by atoms with Crippen LogP contribution in [0.2, 0.25) is 0 Å². The number of carboxylic acids is 1. The first-order valence-electron chi connectivity index (χ1n) is 6.36. The van der Waals surface area contributed by atoms with E-state index in [-0.39, 0.29) is 18.5 Å². The molecule has 1 fully saturated rings. The SMILES string of the molecule is O=C(NCC1(C(=O)O)CC1)C1Cc2nc[nH]c2CN1. The fraction of sp³-hybridized carbons (Fsp3) is 0.583. The third kappa shape index (κ3) is 2.21. The van der Waals surface area contributed by atoms with Crippen molar-refractivity contribution in [2.24, 2.45) is 5.41 Å². The predicted octanol–water partition coefficient (Wildman–Crippen LogP) is -0.595. The highest BCUT2D eigenvalue weighted by molar-refractivity contribution is 5.84. The molecular weight excluding hydrogens is 248 g/mol. The zero-order chi connectivity index (χ0) is 13.5. The number of imidazole rings is 1. The van der Waals surface area contributed by atoms with E-state index in [1.165, 1.54) is 0 Å². The van der Waals surface area contributed by atoms with Crippen LogP contribution in [0.3, 0.4) is 0 Å². The molecule has 1 aromatic rings. The van der Waals surface area contributed by atoms with Crippen molar-refractivity contribution in [3.8, 4) is 0 Å². The number of aromatic amines is 1. The molecule has 0 spiro atoms. The van der Waals surface area contributed by atoms with E-state index >= 15 is 0 Å². The molecule has 102 valence electrons. The Hall–Kier alpha value is -1.89. The van der Waals surface area contributed by atoms with Crippen LogP contribution >= 0.6 is 0 Å². The fourth-order valence-electron chi connectivity index (χ4n) is 2.35. The van der Waals surface area contributed by atoms with Crippen LogP contribution in [0.25, 0.3) is 0 Å². The summed E-state index contributed by atoms with van der Waals surface area (Å²) in [6.07, 6.45) is 3.44. The molecule has 7 heteroatoms. The number of nitrogens with one attached hydrogen (secondary N) is 3. The van der Waals surface area contributed by atoms with Gasteiger partial charge in [0.15, 0.2) is 0 Å². The van der Waals surface area contributed by atoms with Gasteiger partial charge in [-0.3, -0.25) is 14.9 Å². The number of aromatic nitrogens is 2. The van der Waals surface area contributed by atoms with E-state index in [0.717, 1.165) is 11.4 Å². The third-order valence-corrected chi connectivity index (χ3v) is 3.95. The van der Waals surface area contributed by atoms with Gasteiger partial charge >= 0.3 is 5.97 Å². The highest BCUT2D eigenvalue weighted by atomic mass is 16.4. The first kappa shape index (κ1) is 12.2. The van der Waals surface area contributed by atoms with E-state index in [1.807, 2.05) is 0 Å².